The zero-order valence-electron chi connectivity index (χ0n) is 15.0. The fraction of sp³-hybridized carbons (Fsp3) is 0.300. The van der Waals surface area contributed by atoms with E-state index in [1.54, 1.807) is 24.3 Å². The van der Waals surface area contributed by atoms with Crippen LogP contribution in [0.3, 0.4) is 0 Å². The average Bonchev–Trinajstić information content (AvgIpc) is 3.41. The minimum Gasteiger partial charge on any atom is -0.486 e. The molecule has 0 atom stereocenters. The number of carbonyl (C=O) groups excluding carboxylic acids is 2. The molecule has 1 heterocycles. The van der Waals surface area contributed by atoms with Crippen LogP contribution in [0.5, 0.6) is 11.5 Å². The second-order valence-corrected chi connectivity index (χ2v) is 6.78. The van der Waals surface area contributed by atoms with Gasteiger partial charge in [0.1, 0.15) is 13.2 Å². The maximum atomic E-state index is 12.5. The third-order valence-corrected chi connectivity index (χ3v) is 4.64. The second kappa shape index (κ2) is 6.83. The smallest absolute Gasteiger partial charge is 0.319 e. The number of rotatable bonds is 4. The zero-order chi connectivity index (χ0) is 18.9. The number of urea groups is 1. The molecule has 7 nitrogen and oxygen atoms in total. The van der Waals surface area contributed by atoms with Gasteiger partial charge >= 0.3 is 6.03 Å². The highest BCUT2D eigenvalue weighted by Gasteiger charge is 2.46. The van der Waals surface area contributed by atoms with Crippen molar-refractivity contribution in [3.63, 3.8) is 0 Å². The fourth-order valence-corrected chi connectivity index (χ4v) is 3.21. The molecular formula is C20H21N3O4. The number of anilines is 2. The van der Waals surface area contributed by atoms with Crippen molar-refractivity contribution >= 4 is 23.3 Å². The van der Waals surface area contributed by atoms with Crippen molar-refractivity contribution in [2.24, 2.45) is 0 Å². The highest BCUT2D eigenvalue weighted by Crippen LogP contribution is 2.47. The summed E-state index contributed by atoms with van der Waals surface area (Å²) in [4.78, 5) is 23.7. The lowest BCUT2D eigenvalue weighted by molar-refractivity contribution is -0.114. The van der Waals surface area contributed by atoms with Crippen LogP contribution in [0.15, 0.2) is 42.5 Å². The van der Waals surface area contributed by atoms with Crippen LogP contribution in [0.4, 0.5) is 16.2 Å². The third-order valence-electron chi connectivity index (χ3n) is 4.64. The number of nitrogens with one attached hydrogen (secondary N) is 3. The van der Waals surface area contributed by atoms with Gasteiger partial charge in [0.15, 0.2) is 11.5 Å². The van der Waals surface area contributed by atoms with Crippen LogP contribution in [0.25, 0.3) is 0 Å². The molecular weight excluding hydrogens is 346 g/mol. The minimum absolute atomic E-state index is 0.160. The van der Waals surface area contributed by atoms with Gasteiger partial charge in [0.2, 0.25) is 5.91 Å². The first-order valence-corrected chi connectivity index (χ1v) is 8.91. The maximum absolute atomic E-state index is 12.5. The van der Waals surface area contributed by atoms with E-state index >= 15 is 0 Å². The van der Waals surface area contributed by atoms with Gasteiger partial charge in [-0.3, -0.25) is 4.79 Å². The van der Waals surface area contributed by atoms with Crippen LogP contribution in [-0.2, 0) is 10.3 Å². The monoisotopic (exact) mass is 367 g/mol. The predicted octanol–water partition coefficient (Wildman–Crippen LogP) is 3.23. The molecule has 0 saturated heterocycles. The van der Waals surface area contributed by atoms with Crippen molar-refractivity contribution in [2.45, 2.75) is 25.3 Å². The molecule has 140 valence electrons. The van der Waals surface area contributed by atoms with Crippen LogP contribution in [0.2, 0.25) is 0 Å². The number of benzene rings is 2. The molecule has 3 amide bonds. The van der Waals surface area contributed by atoms with Gasteiger partial charge in [-0.15, -0.1) is 0 Å². The topological polar surface area (TPSA) is 88.7 Å². The first kappa shape index (κ1) is 17.2. The molecule has 0 bridgehead atoms. The van der Waals surface area contributed by atoms with Crippen LogP contribution in [-0.4, -0.2) is 25.2 Å². The van der Waals surface area contributed by atoms with Crippen LogP contribution < -0.4 is 25.4 Å². The summed E-state index contributed by atoms with van der Waals surface area (Å²) in [6.07, 6.45) is 1.73. The summed E-state index contributed by atoms with van der Waals surface area (Å²) in [5.41, 5.74) is 1.87. The fourth-order valence-electron chi connectivity index (χ4n) is 3.21. The predicted molar refractivity (Wildman–Crippen MR) is 101 cm³/mol. The van der Waals surface area contributed by atoms with Crippen molar-refractivity contribution in [1.29, 1.82) is 0 Å². The number of carbonyl (C=O) groups is 2. The molecule has 0 spiro atoms. The first-order chi connectivity index (χ1) is 13.0. The van der Waals surface area contributed by atoms with E-state index in [-0.39, 0.29) is 17.5 Å². The molecule has 1 aliphatic carbocycles. The number of fused-ring (bicyclic) bond motifs is 1. The molecule has 7 heteroatoms. The van der Waals surface area contributed by atoms with Gasteiger partial charge in [0.25, 0.3) is 0 Å². The first-order valence-electron chi connectivity index (χ1n) is 8.91. The third kappa shape index (κ3) is 3.81. The Labute approximate surface area is 157 Å². The molecule has 2 aromatic rings. The molecule has 0 aromatic heterocycles. The lowest BCUT2D eigenvalue weighted by atomic mass is 10.0. The van der Waals surface area contributed by atoms with Crippen molar-refractivity contribution in [1.82, 2.24) is 5.32 Å². The van der Waals surface area contributed by atoms with E-state index in [9.17, 15) is 9.59 Å². The number of amides is 3. The molecule has 1 fully saturated rings. The van der Waals surface area contributed by atoms with Gasteiger partial charge in [-0.2, -0.15) is 0 Å². The van der Waals surface area contributed by atoms with Crippen LogP contribution in [0, 0.1) is 0 Å². The quantitative estimate of drug-likeness (QED) is 0.774. The molecule has 0 unspecified atom stereocenters. The lowest BCUT2D eigenvalue weighted by Crippen LogP contribution is -2.38. The molecule has 3 N–H and O–H groups in total. The zero-order valence-corrected chi connectivity index (χ0v) is 15.0. The number of hydrogen-bond donors (Lipinski definition) is 3. The van der Waals surface area contributed by atoms with Gasteiger partial charge in [-0.1, -0.05) is 12.1 Å². The van der Waals surface area contributed by atoms with E-state index in [0.29, 0.717) is 24.6 Å². The van der Waals surface area contributed by atoms with E-state index in [2.05, 4.69) is 16.0 Å². The Kier molecular flexibility index (Phi) is 4.35. The average molecular weight is 367 g/mol. The summed E-state index contributed by atoms with van der Waals surface area (Å²) < 4.78 is 11.2. The van der Waals surface area contributed by atoms with Crippen molar-refractivity contribution < 1.29 is 19.1 Å². The molecule has 4 rings (SSSR count). The van der Waals surface area contributed by atoms with E-state index < -0.39 is 0 Å². The van der Waals surface area contributed by atoms with Gasteiger partial charge in [0, 0.05) is 18.3 Å². The molecule has 27 heavy (non-hydrogen) atoms. The Bertz CT molecular complexity index is 893. The lowest BCUT2D eigenvalue weighted by Gasteiger charge is -2.23. The Morgan fingerprint density at radius 1 is 0.926 bits per heavy atom. The molecule has 1 saturated carbocycles. The summed E-state index contributed by atoms with van der Waals surface area (Å²) in [6, 6.07) is 12.5. The normalized spacial score (nSPS) is 16.2. The van der Waals surface area contributed by atoms with Crippen LogP contribution >= 0.6 is 0 Å². The molecule has 2 aliphatic rings. The number of ether oxygens (including phenoxy) is 2. The molecule has 0 radical (unpaired) electrons. The summed E-state index contributed by atoms with van der Waals surface area (Å²) in [6.45, 7) is 2.52. The van der Waals surface area contributed by atoms with E-state index in [1.165, 1.54) is 6.92 Å². The Hall–Kier alpha value is -3.22. The largest absolute Gasteiger partial charge is 0.486 e. The Morgan fingerprint density at radius 2 is 1.63 bits per heavy atom. The minimum atomic E-state index is -0.380. The second-order valence-electron chi connectivity index (χ2n) is 6.78. The van der Waals surface area contributed by atoms with E-state index in [0.717, 1.165) is 29.9 Å². The highest BCUT2D eigenvalue weighted by molar-refractivity contribution is 5.93. The van der Waals surface area contributed by atoms with Crippen molar-refractivity contribution in [3.8, 4) is 11.5 Å². The van der Waals surface area contributed by atoms with Gasteiger partial charge in [-0.25, -0.2) is 4.79 Å². The Morgan fingerprint density at radius 3 is 2.33 bits per heavy atom. The van der Waals surface area contributed by atoms with E-state index in [1.807, 2.05) is 18.2 Å². The van der Waals surface area contributed by atoms with Crippen molar-refractivity contribution in [3.05, 3.63) is 48.0 Å². The Balaban J connectivity index is 1.44. The van der Waals surface area contributed by atoms with E-state index in [4.69, 9.17) is 9.47 Å². The summed E-state index contributed by atoms with van der Waals surface area (Å²) in [5.74, 6) is 1.29. The summed E-state index contributed by atoms with van der Waals surface area (Å²) >= 11 is 0. The standard InChI is InChI=1S/C20H21N3O4/c1-13(24)21-15-3-2-4-16(12-15)22-19(25)23-20(7-8-20)14-5-6-17-18(11-14)27-10-9-26-17/h2-6,11-12H,7-10H2,1H3,(H,21,24)(H2,22,23,25). The summed E-state index contributed by atoms with van der Waals surface area (Å²) in [5, 5.41) is 8.59. The van der Waals surface area contributed by atoms with Crippen LogP contribution in [0.1, 0.15) is 25.3 Å². The summed E-state index contributed by atoms with van der Waals surface area (Å²) in [7, 11) is 0. The SMILES string of the molecule is CC(=O)Nc1cccc(NC(=O)NC2(c3ccc4c(c3)OCCO4)CC2)c1. The van der Waals surface area contributed by atoms with Gasteiger partial charge < -0.3 is 25.4 Å². The van der Waals surface area contributed by atoms with Gasteiger partial charge in [-0.05, 0) is 48.7 Å². The van der Waals surface area contributed by atoms with Crippen molar-refractivity contribution in [2.75, 3.05) is 23.8 Å². The molecule has 2 aromatic carbocycles. The maximum Gasteiger partial charge on any atom is 0.319 e. The molecule has 1 aliphatic heterocycles. The van der Waals surface area contributed by atoms with Gasteiger partial charge in [0.05, 0.1) is 5.54 Å². The highest BCUT2D eigenvalue weighted by atomic mass is 16.6. The number of hydrogen-bond acceptors (Lipinski definition) is 4.